The van der Waals surface area contributed by atoms with E-state index in [9.17, 15) is 4.79 Å². The predicted molar refractivity (Wildman–Crippen MR) is 60.2 cm³/mol. The molecule has 1 aromatic rings. The van der Waals surface area contributed by atoms with E-state index in [0.29, 0.717) is 13.0 Å². The van der Waals surface area contributed by atoms with Crippen LogP contribution in [0.5, 0.6) is 0 Å². The summed E-state index contributed by atoms with van der Waals surface area (Å²) < 4.78 is 0. The molecule has 0 spiro atoms. The molecular formula is C12H18N2O. The zero-order valence-corrected chi connectivity index (χ0v) is 9.20. The van der Waals surface area contributed by atoms with E-state index in [2.05, 4.69) is 17.2 Å². The minimum Gasteiger partial charge on any atom is -0.352 e. The molecule has 1 N–H and O–H groups in total. The summed E-state index contributed by atoms with van der Waals surface area (Å²) in [6.07, 6.45) is 7.37. The van der Waals surface area contributed by atoms with E-state index in [0.717, 1.165) is 24.8 Å². The van der Waals surface area contributed by atoms with Gasteiger partial charge >= 0.3 is 0 Å². The second-order valence-electron chi connectivity index (χ2n) is 3.59. The van der Waals surface area contributed by atoms with Gasteiger partial charge in [0.15, 0.2) is 0 Å². The van der Waals surface area contributed by atoms with Crippen LogP contribution >= 0.6 is 0 Å². The topological polar surface area (TPSA) is 42.0 Å². The number of amides is 1. The molecule has 0 aliphatic heterocycles. The van der Waals surface area contributed by atoms with Crippen LogP contribution in [0.25, 0.3) is 0 Å². The quantitative estimate of drug-likeness (QED) is 0.725. The van der Waals surface area contributed by atoms with Gasteiger partial charge < -0.3 is 5.32 Å². The summed E-state index contributed by atoms with van der Waals surface area (Å²) in [4.78, 5) is 15.3. The molecular weight excluding hydrogens is 188 g/mol. The van der Waals surface area contributed by atoms with Crippen LogP contribution in [-0.4, -0.2) is 10.9 Å². The van der Waals surface area contributed by atoms with E-state index in [1.807, 2.05) is 12.1 Å². The Balaban J connectivity index is 2.17. The first kappa shape index (κ1) is 11.7. The van der Waals surface area contributed by atoms with Crippen molar-refractivity contribution in [2.75, 3.05) is 0 Å². The Morgan fingerprint density at radius 1 is 1.33 bits per heavy atom. The lowest BCUT2D eigenvalue weighted by atomic mass is 10.2. The third kappa shape index (κ3) is 5.15. The molecule has 1 heterocycles. The molecule has 0 saturated carbocycles. The molecule has 3 heteroatoms. The van der Waals surface area contributed by atoms with Crippen LogP contribution in [0.2, 0.25) is 0 Å². The molecule has 15 heavy (non-hydrogen) atoms. The van der Waals surface area contributed by atoms with Crippen LogP contribution in [0.3, 0.4) is 0 Å². The van der Waals surface area contributed by atoms with E-state index in [-0.39, 0.29) is 5.91 Å². The molecule has 0 atom stereocenters. The fourth-order valence-electron chi connectivity index (χ4n) is 1.33. The first-order chi connectivity index (χ1) is 7.33. The number of rotatable bonds is 6. The Labute approximate surface area is 90.9 Å². The number of pyridine rings is 1. The lowest BCUT2D eigenvalue weighted by Gasteiger charge is -2.04. The number of carbonyl (C=O) groups is 1. The predicted octanol–water partition coefficient (Wildman–Crippen LogP) is 2.28. The molecule has 0 bridgehead atoms. The molecule has 1 aromatic heterocycles. The third-order valence-corrected chi connectivity index (χ3v) is 2.25. The number of hydrogen-bond donors (Lipinski definition) is 1. The van der Waals surface area contributed by atoms with Crippen molar-refractivity contribution in [2.24, 2.45) is 0 Å². The number of carbonyl (C=O) groups excluding carboxylic acids is 1. The Hall–Kier alpha value is -1.38. The second-order valence-corrected chi connectivity index (χ2v) is 3.59. The van der Waals surface area contributed by atoms with Gasteiger partial charge in [0, 0.05) is 25.4 Å². The van der Waals surface area contributed by atoms with Crippen LogP contribution in [-0.2, 0) is 11.3 Å². The smallest absolute Gasteiger partial charge is 0.220 e. The summed E-state index contributed by atoms with van der Waals surface area (Å²) in [6.45, 7) is 2.74. The van der Waals surface area contributed by atoms with E-state index in [4.69, 9.17) is 0 Å². The van der Waals surface area contributed by atoms with Gasteiger partial charge in [0.05, 0.1) is 0 Å². The summed E-state index contributed by atoms with van der Waals surface area (Å²) in [5, 5.41) is 2.89. The largest absolute Gasteiger partial charge is 0.352 e. The molecule has 0 aliphatic rings. The van der Waals surface area contributed by atoms with Gasteiger partial charge in [-0.05, 0) is 24.1 Å². The average Bonchev–Trinajstić information content (AvgIpc) is 2.28. The normalized spacial score (nSPS) is 9.93. The Kier molecular flexibility index (Phi) is 5.44. The molecule has 0 aliphatic carbocycles. The maximum absolute atomic E-state index is 11.4. The summed E-state index contributed by atoms with van der Waals surface area (Å²) in [5.74, 6) is 0.139. The second kappa shape index (κ2) is 6.98. The van der Waals surface area contributed by atoms with Crippen molar-refractivity contribution < 1.29 is 4.79 Å². The van der Waals surface area contributed by atoms with Gasteiger partial charge in [-0.25, -0.2) is 0 Å². The molecule has 0 fully saturated rings. The van der Waals surface area contributed by atoms with Crippen LogP contribution in [0, 0.1) is 0 Å². The summed E-state index contributed by atoms with van der Waals surface area (Å²) >= 11 is 0. The maximum Gasteiger partial charge on any atom is 0.220 e. The van der Waals surface area contributed by atoms with Crippen molar-refractivity contribution in [2.45, 2.75) is 39.2 Å². The Morgan fingerprint density at radius 2 is 2.07 bits per heavy atom. The van der Waals surface area contributed by atoms with E-state index < -0.39 is 0 Å². The minimum absolute atomic E-state index is 0.139. The van der Waals surface area contributed by atoms with Crippen LogP contribution in [0.15, 0.2) is 24.5 Å². The lowest BCUT2D eigenvalue weighted by molar-refractivity contribution is -0.121. The van der Waals surface area contributed by atoms with Gasteiger partial charge in [-0.2, -0.15) is 0 Å². The first-order valence-corrected chi connectivity index (χ1v) is 5.48. The van der Waals surface area contributed by atoms with Gasteiger partial charge in [0.1, 0.15) is 0 Å². The number of aromatic nitrogens is 1. The number of unbranched alkanes of at least 4 members (excludes halogenated alkanes) is 2. The van der Waals surface area contributed by atoms with Gasteiger partial charge in [-0.1, -0.05) is 19.8 Å². The summed E-state index contributed by atoms with van der Waals surface area (Å²) in [5.41, 5.74) is 1.09. The van der Waals surface area contributed by atoms with Gasteiger partial charge in [0.25, 0.3) is 0 Å². The Morgan fingerprint density at radius 3 is 2.73 bits per heavy atom. The minimum atomic E-state index is 0.139. The fraction of sp³-hybridized carbons (Fsp3) is 0.500. The van der Waals surface area contributed by atoms with Crippen LogP contribution in [0.4, 0.5) is 0 Å². The number of hydrogen-bond acceptors (Lipinski definition) is 2. The molecule has 0 radical (unpaired) electrons. The van der Waals surface area contributed by atoms with Gasteiger partial charge in [0.2, 0.25) is 5.91 Å². The molecule has 0 unspecified atom stereocenters. The van der Waals surface area contributed by atoms with Crippen molar-refractivity contribution in [3.8, 4) is 0 Å². The molecule has 82 valence electrons. The fourth-order valence-corrected chi connectivity index (χ4v) is 1.33. The maximum atomic E-state index is 11.4. The zero-order chi connectivity index (χ0) is 10.9. The van der Waals surface area contributed by atoms with Gasteiger partial charge in [-0.3, -0.25) is 9.78 Å². The van der Waals surface area contributed by atoms with E-state index in [1.165, 1.54) is 0 Å². The van der Waals surface area contributed by atoms with Crippen molar-refractivity contribution in [1.82, 2.24) is 10.3 Å². The standard InChI is InChI=1S/C12H18N2O/c1-2-3-4-5-12(15)14-10-11-6-8-13-9-7-11/h6-9H,2-5,10H2,1H3,(H,14,15). The van der Waals surface area contributed by atoms with Crippen molar-refractivity contribution in [1.29, 1.82) is 0 Å². The molecule has 0 saturated heterocycles. The van der Waals surface area contributed by atoms with Crippen molar-refractivity contribution in [3.05, 3.63) is 30.1 Å². The van der Waals surface area contributed by atoms with Crippen molar-refractivity contribution >= 4 is 5.91 Å². The average molecular weight is 206 g/mol. The number of nitrogens with one attached hydrogen (secondary N) is 1. The zero-order valence-electron chi connectivity index (χ0n) is 9.20. The molecule has 0 aromatic carbocycles. The highest BCUT2D eigenvalue weighted by atomic mass is 16.1. The molecule has 3 nitrogen and oxygen atoms in total. The third-order valence-electron chi connectivity index (χ3n) is 2.25. The number of nitrogens with zero attached hydrogens (tertiary/aromatic N) is 1. The summed E-state index contributed by atoms with van der Waals surface area (Å²) in [6, 6.07) is 3.82. The van der Waals surface area contributed by atoms with Crippen molar-refractivity contribution in [3.63, 3.8) is 0 Å². The highest BCUT2D eigenvalue weighted by Crippen LogP contribution is 2.00. The lowest BCUT2D eigenvalue weighted by Crippen LogP contribution is -2.22. The van der Waals surface area contributed by atoms with Crippen LogP contribution < -0.4 is 5.32 Å². The molecule has 1 rings (SSSR count). The Bertz CT molecular complexity index is 285. The molecule has 1 amide bonds. The van der Waals surface area contributed by atoms with E-state index in [1.54, 1.807) is 12.4 Å². The SMILES string of the molecule is CCCCCC(=O)NCc1ccncc1. The first-order valence-electron chi connectivity index (χ1n) is 5.48. The summed E-state index contributed by atoms with van der Waals surface area (Å²) in [7, 11) is 0. The van der Waals surface area contributed by atoms with Gasteiger partial charge in [-0.15, -0.1) is 0 Å². The van der Waals surface area contributed by atoms with E-state index >= 15 is 0 Å². The highest BCUT2D eigenvalue weighted by molar-refractivity contribution is 5.75. The van der Waals surface area contributed by atoms with Crippen LogP contribution in [0.1, 0.15) is 38.2 Å². The highest BCUT2D eigenvalue weighted by Gasteiger charge is 1.99. The monoisotopic (exact) mass is 206 g/mol.